The average Bonchev–Trinajstić information content (AvgIpc) is 2.62. The predicted molar refractivity (Wildman–Crippen MR) is 94.6 cm³/mol. The van der Waals surface area contributed by atoms with Gasteiger partial charge in [-0.25, -0.2) is 4.79 Å². The van der Waals surface area contributed by atoms with Gasteiger partial charge in [0, 0.05) is 6.54 Å². The first-order valence-corrected chi connectivity index (χ1v) is 9.85. The molecular weight excluding hydrogens is 358 g/mol. The molecule has 26 heavy (non-hydrogen) atoms. The summed E-state index contributed by atoms with van der Waals surface area (Å²) in [6.07, 6.45) is 0.238. The SMILES string of the molecule is CS(=O)(=O)Oc1ccc([C@H]2CN(C(=O)Oc3ccccc3)CCO2)cc1. The maximum absolute atomic E-state index is 12.3. The molecule has 1 amide bonds. The number of carbonyl (C=O) groups is 1. The van der Waals surface area contributed by atoms with Crippen LogP contribution < -0.4 is 8.92 Å². The molecule has 2 aromatic rings. The molecule has 0 unspecified atom stereocenters. The number of benzene rings is 2. The Hall–Kier alpha value is -2.58. The Bertz CT molecular complexity index is 851. The lowest BCUT2D eigenvalue weighted by Crippen LogP contribution is -2.43. The molecule has 1 aliphatic heterocycles. The zero-order valence-electron chi connectivity index (χ0n) is 14.2. The third kappa shape index (κ3) is 4.96. The van der Waals surface area contributed by atoms with Crippen molar-refractivity contribution in [1.82, 2.24) is 4.90 Å². The molecular formula is C18H19NO6S. The molecule has 0 spiro atoms. The predicted octanol–water partition coefficient (Wildman–Crippen LogP) is 2.60. The van der Waals surface area contributed by atoms with Crippen molar-refractivity contribution < 1.29 is 26.9 Å². The van der Waals surface area contributed by atoms with E-state index in [4.69, 9.17) is 13.7 Å². The highest BCUT2D eigenvalue weighted by Gasteiger charge is 2.26. The van der Waals surface area contributed by atoms with Gasteiger partial charge in [-0.1, -0.05) is 30.3 Å². The van der Waals surface area contributed by atoms with E-state index in [1.165, 1.54) is 0 Å². The van der Waals surface area contributed by atoms with E-state index in [1.54, 1.807) is 53.4 Å². The van der Waals surface area contributed by atoms with Crippen molar-refractivity contribution >= 4 is 16.2 Å². The highest BCUT2D eigenvalue weighted by Crippen LogP contribution is 2.25. The largest absolute Gasteiger partial charge is 0.415 e. The van der Waals surface area contributed by atoms with E-state index in [0.717, 1.165) is 11.8 Å². The van der Waals surface area contributed by atoms with Gasteiger partial charge in [0.1, 0.15) is 17.6 Å². The molecule has 1 fully saturated rings. The quantitative estimate of drug-likeness (QED) is 0.762. The summed E-state index contributed by atoms with van der Waals surface area (Å²) in [5, 5.41) is 0. The molecule has 3 rings (SSSR count). The summed E-state index contributed by atoms with van der Waals surface area (Å²) >= 11 is 0. The zero-order valence-corrected chi connectivity index (χ0v) is 15.0. The molecule has 2 aromatic carbocycles. The van der Waals surface area contributed by atoms with E-state index >= 15 is 0 Å². The van der Waals surface area contributed by atoms with E-state index < -0.39 is 16.2 Å². The maximum atomic E-state index is 12.3. The van der Waals surface area contributed by atoms with Crippen molar-refractivity contribution in [1.29, 1.82) is 0 Å². The second-order valence-corrected chi connectivity index (χ2v) is 7.42. The molecule has 1 heterocycles. The van der Waals surface area contributed by atoms with Gasteiger partial charge in [-0.2, -0.15) is 8.42 Å². The minimum atomic E-state index is -3.57. The minimum absolute atomic E-state index is 0.229. The van der Waals surface area contributed by atoms with Crippen molar-refractivity contribution in [3.05, 3.63) is 60.2 Å². The first-order chi connectivity index (χ1) is 12.4. The van der Waals surface area contributed by atoms with E-state index in [-0.39, 0.29) is 11.9 Å². The standard InChI is InChI=1S/C18H19NO6S/c1-26(21,22)25-16-9-7-14(8-10-16)17-13-19(11-12-23-17)18(20)24-15-5-3-2-4-6-15/h2-10,17H,11-13H2,1H3/t17-/m1/s1. The van der Waals surface area contributed by atoms with Crippen molar-refractivity contribution in [2.45, 2.75) is 6.10 Å². The van der Waals surface area contributed by atoms with Crippen LogP contribution in [0.5, 0.6) is 11.5 Å². The topological polar surface area (TPSA) is 82.1 Å². The molecule has 1 aliphatic rings. The Morgan fingerprint density at radius 3 is 2.42 bits per heavy atom. The van der Waals surface area contributed by atoms with Crippen LogP contribution in [0, 0.1) is 0 Å². The second kappa shape index (κ2) is 7.76. The fraction of sp³-hybridized carbons (Fsp3) is 0.278. The smallest absolute Gasteiger partial charge is 0.410 e. The molecule has 1 atom stereocenters. The van der Waals surface area contributed by atoms with Gasteiger partial charge in [-0.15, -0.1) is 0 Å². The summed E-state index contributed by atoms with van der Waals surface area (Å²) in [7, 11) is -3.57. The Morgan fingerprint density at radius 2 is 1.77 bits per heavy atom. The summed E-state index contributed by atoms with van der Waals surface area (Å²) < 4.78 is 38.2. The number of nitrogens with zero attached hydrogens (tertiary/aromatic N) is 1. The molecule has 0 aliphatic carbocycles. The van der Waals surface area contributed by atoms with Crippen molar-refractivity contribution in [2.75, 3.05) is 26.0 Å². The van der Waals surface area contributed by atoms with Crippen molar-refractivity contribution in [3.8, 4) is 11.5 Å². The number of rotatable bonds is 4. The second-order valence-electron chi connectivity index (χ2n) is 5.84. The van der Waals surface area contributed by atoms with Crippen LogP contribution in [0.3, 0.4) is 0 Å². The van der Waals surface area contributed by atoms with Crippen molar-refractivity contribution in [2.24, 2.45) is 0 Å². The molecule has 0 bridgehead atoms. The lowest BCUT2D eigenvalue weighted by molar-refractivity contribution is -0.0218. The summed E-state index contributed by atoms with van der Waals surface area (Å²) in [5.74, 6) is 0.718. The Balaban J connectivity index is 1.63. The van der Waals surface area contributed by atoms with E-state index in [9.17, 15) is 13.2 Å². The Labute approximate surface area is 152 Å². The van der Waals surface area contributed by atoms with Crippen LogP contribution in [0.15, 0.2) is 54.6 Å². The Kier molecular flexibility index (Phi) is 5.43. The summed E-state index contributed by atoms with van der Waals surface area (Å²) in [5.41, 5.74) is 0.822. The van der Waals surface area contributed by atoms with Gasteiger partial charge in [-0.3, -0.25) is 0 Å². The van der Waals surface area contributed by atoms with Crippen molar-refractivity contribution in [3.63, 3.8) is 0 Å². The van der Waals surface area contributed by atoms with Crippen LogP contribution >= 0.6 is 0 Å². The van der Waals surface area contributed by atoms with E-state index in [2.05, 4.69) is 0 Å². The fourth-order valence-electron chi connectivity index (χ4n) is 2.58. The highest BCUT2D eigenvalue weighted by atomic mass is 32.2. The number of para-hydroxylation sites is 1. The number of carbonyl (C=O) groups excluding carboxylic acids is 1. The number of ether oxygens (including phenoxy) is 2. The summed E-state index contributed by atoms with van der Waals surface area (Å²) in [6.45, 7) is 1.17. The van der Waals surface area contributed by atoms with Gasteiger partial charge in [0.2, 0.25) is 0 Å². The van der Waals surface area contributed by atoms with E-state index in [0.29, 0.717) is 25.4 Å². The van der Waals surface area contributed by atoms with Crippen LogP contribution in [-0.4, -0.2) is 45.4 Å². The molecule has 0 saturated carbocycles. The van der Waals surface area contributed by atoms with Crippen LogP contribution in [0.1, 0.15) is 11.7 Å². The first kappa shape index (κ1) is 18.2. The minimum Gasteiger partial charge on any atom is -0.410 e. The molecule has 138 valence electrons. The normalized spacial score (nSPS) is 17.6. The van der Waals surface area contributed by atoms with Crippen LogP contribution in [0.4, 0.5) is 4.79 Å². The first-order valence-electron chi connectivity index (χ1n) is 8.03. The van der Waals surface area contributed by atoms with Gasteiger partial charge in [0.25, 0.3) is 0 Å². The third-order valence-electron chi connectivity index (χ3n) is 3.77. The number of amides is 1. The van der Waals surface area contributed by atoms with Gasteiger partial charge in [-0.05, 0) is 29.8 Å². The zero-order chi connectivity index (χ0) is 18.6. The van der Waals surface area contributed by atoms with Crippen LogP contribution in [-0.2, 0) is 14.9 Å². The van der Waals surface area contributed by atoms with E-state index in [1.807, 2.05) is 6.07 Å². The summed E-state index contributed by atoms with van der Waals surface area (Å²) in [4.78, 5) is 13.9. The van der Waals surface area contributed by atoms with Gasteiger partial charge < -0.3 is 18.6 Å². The number of hydrogen-bond donors (Lipinski definition) is 0. The molecule has 7 nitrogen and oxygen atoms in total. The highest BCUT2D eigenvalue weighted by molar-refractivity contribution is 7.86. The maximum Gasteiger partial charge on any atom is 0.415 e. The number of hydrogen-bond acceptors (Lipinski definition) is 6. The summed E-state index contributed by atoms with van der Waals surface area (Å²) in [6, 6.07) is 15.4. The fourth-order valence-corrected chi connectivity index (χ4v) is 3.04. The monoisotopic (exact) mass is 377 g/mol. The average molecular weight is 377 g/mol. The Morgan fingerprint density at radius 1 is 1.08 bits per heavy atom. The van der Waals surface area contributed by atoms with Crippen LogP contribution in [0.25, 0.3) is 0 Å². The number of morpholine rings is 1. The lowest BCUT2D eigenvalue weighted by Gasteiger charge is -2.32. The lowest BCUT2D eigenvalue weighted by atomic mass is 10.1. The van der Waals surface area contributed by atoms with Gasteiger partial charge in [0.15, 0.2) is 0 Å². The molecule has 0 radical (unpaired) electrons. The third-order valence-corrected chi connectivity index (χ3v) is 4.27. The molecule has 0 N–H and O–H groups in total. The van der Waals surface area contributed by atoms with Gasteiger partial charge in [0.05, 0.1) is 19.4 Å². The van der Waals surface area contributed by atoms with Gasteiger partial charge >= 0.3 is 16.2 Å². The molecule has 1 saturated heterocycles. The molecule has 0 aromatic heterocycles. The van der Waals surface area contributed by atoms with Crippen LogP contribution in [0.2, 0.25) is 0 Å². The molecule has 8 heteroatoms.